The molecule has 0 radical (unpaired) electrons. The third-order valence-electron chi connectivity index (χ3n) is 12.5. The van der Waals surface area contributed by atoms with E-state index in [-0.39, 0.29) is 29.1 Å². The first-order chi connectivity index (χ1) is 15.3. The Morgan fingerprint density at radius 1 is 0.970 bits per heavy atom. The Kier molecular flexibility index (Phi) is 5.52. The first kappa shape index (κ1) is 24.5. The van der Waals surface area contributed by atoms with Crippen LogP contribution in [0.1, 0.15) is 106 Å². The van der Waals surface area contributed by atoms with Crippen molar-refractivity contribution < 1.29 is 20.1 Å². The molecule has 0 aliphatic heterocycles. The van der Waals surface area contributed by atoms with Crippen LogP contribution in [0.15, 0.2) is 0 Å². The van der Waals surface area contributed by atoms with Gasteiger partial charge in [0.15, 0.2) is 0 Å². The number of hydrogen-bond acceptors (Lipinski definition) is 4. The lowest BCUT2D eigenvalue weighted by Gasteiger charge is -2.59. The Hall–Kier alpha value is -0.160. The van der Waals surface area contributed by atoms with Gasteiger partial charge in [-0.15, -0.1) is 0 Å². The van der Waals surface area contributed by atoms with Gasteiger partial charge in [0.1, 0.15) is 0 Å². The fourth-order valence-electron chi connectivity index (χ4n) is 10.9. The van der Waals surface area contributed by atoms with Gasteiger partial charge in [-0.1, -0.05) is 41.0 Å². The van der Waals surface area contributed by atoms with Gasteiger partial charge >= 0.3 is 0 Å². The van der Waals surface area contributed by atoms with E-state index in [0.29, 0.717) is 28.6 Å². The second kappa shape index (κ2) is 7.43. The molecule has 2 spiro atoms. The molecule has 0 bridgehead atoms. The van der Waals surface area contributed by atoms with Crippen LogP contribution in [-0.2, 0) is 4.74 Å². The van der Waals surface area contributed by atoms with Gasteiger partial charge in [0, 0.05) is 0 Å². The lowest BCUT2D eigenvalue weighted by atomic mass is 9.47. The largest absolute Gasteiger partial charge is 0.393 e. The summed E-state index contributed by atoms with van der Waals surface area (Å²) in [6.45, 7) is 15.4. The predicted octanol–water partition coefficient (Wildman–Crippen LogP) is 5.32. The van der Waals surface area contributed by atoms with Crippen molar-refractivity contribution in [3.05, 3.63) is 0 Å². The molecule has 5 fully saturated rings. The molecule has 0 saturated heterocycles. The van der Waals surface area contributed by atoms with E-state index >= 15 is 0 Å². The van der Waals surface area contributed by atoms with E-state index in [9.17, 15) is 15.3 Å². The van der Waals surface area contributed by atoms with Gasteiger partial charge < -0.3 is 20.1 Å². The molecule has 33 heavy (non-hydrogen) atoms. The maximum absolute atomic E-state index is 11.3. The zero-order chi connectivity index (χ0) is 24.2. The highest BCUT2D eigenvalue weighted by atomic mass is 16.5. The van der Waals surface area contributed by atoms with Crippen LogP contribution >= 0.6 is 0 Å². The third-order valence-corrected chi connectivity index (χ3v) is 12.5. The maximum atomic E-state index is 11.3. The van der Waals surface area contributed by atoms with Gasteiger partial charge in [-0.2, -0.15) is 0 Å². The van der Waals surface area contributed by atoms with Crippen LogP contribution in [0.25, 0.3) is 0 Å². The van der Waals surface area contributed by atoms with Crippen LogP contribution in [0.3, 0.4) is 0 Å². The summed E-state index contributed by atoms with van der Waals surface area (Å²) in [6, 6.07) is 0. The Morgan fingerprint density at radius 3 is 2.30 bits per heavy atom. The molecular formula is C29H50O4. The number of ether oxygens (including phenoxy) is 1. The zero-order valence-corrected chi connectivity index (χ0v) is 22.2. The summed E-state index contributed by atoms with van der Waals surface area (Å²) in [6.07, 6.45) is 8.52. The van der Waals surface area contributed by atoms with Gasteiger partial charge in [-0.25, -0.2) is 0 Å². The second-order valence-corrected chi connectivity index (χ2v) is 14.3. The third kappa shape index (κ3) is 2.96. The molecular weight excluding hydrogens is 412 g/mol. The summed E-state index contributed by atoms with van der Waals surface area (Å²) in [5.41, 5.74) is -0.135. The summed E-state index contributed by atoms with van der Waals surface area (Å²) in [5.74, 6) is 2.49. The zero-order valence-electron chi connectivity index (χ0n) is 22.2. The first-order valence-electron chi connectivity index (χ1n) is 14.0. The summed E-state index contributed by atoms with van der Waals surface area (Å²) in [5, 5.41) is 33.0. The van der Waals surface area contributed by atoms with E-state index < -0.39 is 11.7 Å². The van der Waals surface area contributed by atoms with Crippen LogP contribution in [0.2, 0.25) is 0 Å². The molecule has 4 heteroatoms. The quantitative estimate of drug-likeness (QED) is 0.517. The van der Waals surface area contributed by atoms with Crippen molar-refractivity contribution in [3.8, 4) is 0 Å². The Bertz CT molecular complexity index is 772. The Balaban J connectivity index is 1.44. The lowest BCUT2D eigenvalue weighted by Crippen LogP contribution is -2.55. The van der Waals surface area contributed by atoms with Crippen LogP contribution in [0.4, 0.5) is 0 Å². The van der Waals surface area contributed by atoms with Crippen LogP contribution < -0.4 is 0 Å². The summed E-state index contributed by atoms with van der Waals surface area (Å²) in [4.78, 5) is 0. The van der Waals surface area contributed by atoms with Gasteiger partial charge in [-0.05, 0) is 111 Å². The molecule has 4 nitrogen and oxygen atoms in total. The standard InChI is InChI=1S/C29H50O4/c1-8-9-23(26(5,6)32)33-24-20(30)16-19-18-10-11-21-25(3,4)22(31)12-13-29(21)17(2)28(18,29)15-14-27(19,24)7/h17-24,30-32H,8-16H2,1-7H3. The molecule has 0 amide bonds. The molecule has 11 unspecified atom stereocenters. The summed E-state index contributed by atoms with van der Waals surface area (Å²) < 4.78 is 6.67. The molecule has 0 heterocycles. The molecule has 3 N–H and O–H groups in total. The number of hydrogen-bond donors (Lipinski definition) is 3. The van der Waals surface area contributed by atoms with E-state index in [4.69, 9.17) is 4.74 Å². The average Bonchev–Trinajstić information content (AvgIpc) is 3.15. The highest BCUT2D eigenvalue weighted by Gasteiger charge is 2.84. The molecule has 5 rings (SSSR count). The van der Waals surface area contributed by atoms with Crippen molar-refractivity contribution in [2.24, 2.45) is 45.3 Å². The lowest BCUT2D eigenvalue weighted by molar-refractivity contribution is -0.186. The number of aliphatic hydroxyl groups excluding tert-OH is 2. The Labute approximate surface area is 201 Å². The van der Waals surface area contributed by atoms with E-state index in [2.05, 4.69) is 34.6 Å². The minimum absolute atomic E-state index is 0.00263. The highest BCUT2D eigenvalue weighted by Crippen LogP contribution is 2.89. The molecule has 190 valence electrons. The van der Waals surface area contributed by atoms with Crippen LogP contribution in [0, 0.1) is 45.3 Å². The van der Waals surface area contributed by atoms with Crippen LogP contribution in [-0.4, -0.2) is 45.3 Å². The van der Waals surface area contributed by atoms with Crippen molar-refractivity contribution >= 4 is 0 Å². The normalized spacial score (nSPS) is 53.5. The van der Waals surface area contributed by atoms with Crippen molar-refractivity contribution in [3.63, 3.8) is 0 Å². The molecule has 5 saturated carbocycles. The minimum Gasteiger partial charge on any atom is -0.393 e. The topological polar surface area (TPSA) is 69.9 Å². The van der Waals surface area contributed by atoms with Crippen molar-refractivity contribution in [1.29, 1.82) is 0 Å². The maximum Gasteiger partial charge on any atom is 0.0895 e. The summed E-state index contributed by atoms with van der Waals surface area (Å²) in [7, 11) is 0. The summed E-state index contributed by atoms with van der Waals surface area (Å²) >= 11 is 0. The van der Waals surface area contributed by atoms with Gasteiger partial charge in [-0.3, -0.25) is 0 Å². The first-order valence-corrected chi connectivity index (χ1v) is 14.0. The molecule has 0 aromatic carbocycles. The number of rotatable bonds is 5. The SMILES string of the molecule is CCCC(OC1C(O)CC2C3CCC4C(C)(C)C(O)CCC45C(C)C35CCC21C)C(C)(C)O. The average molecular weight is 463 g/mol. The monoisotopic (exact) mass is 462 g/mol. The molecule has 11 atom stereocenters. The Morgan fingerprint density at radius 2 is 1.67 bits per heavy atom. The number of aliphatic hydroxyl groups is 3. The van der Waals surface area contributed by atoms with Crippen molar-refractivity contribution in [2.45, 2.75) is 136 Å². The van der Waals surface area contributed by atoms with E-state index in [1.54, 1.807) is 0 Å². The van der Waals surface area contributed by atoms with Gasteiger partial charge in [0.05, 0.1) is 30.0 Å². The molecule has 0 aromatic heterocycles. The molecule has 0 aromatic rings. The van der Waals surface area contributed by atoms with E-state index in [1.165, 1.54) is 25.7 Å². The van der Waals surface area contributed by atoms with Crippen LogP contribution in [0.5, 0.6) is 0 Å². The fourth-order valence-corrected chi connectivity index (χ4v) is 10.9. The minimum atomic E-state index is -0.901. The number of fused-ring (bicyclic) bond motifs is 2. The molecule has 5 aliphatic carbocycles. The predicted molar refractivity (Wildman–Crippen MR) is 131 cm³/mol. The van der Waals surface area contributed by atoms with Crippen molar-refractivity contribution in [1.82, 2.24) is 0 Å². The molecule has 5 aliphatic rings. The highest BCUT2D eigenvalue weighted by molar-refractivity contribution is 5.32. The van der Waals surface area contributed by atoms with Crippen molar-refractivity contribution in [2.75, 3.05) is 0 Å². The smallest absolute Gasteiger partial charge is 0.0895 e. The van der Waals surface area contributed by atoms with E-state index in [1.807, 2.05) is 13.8 Å². The second-order valence-electron chi connectivity index (χ2n) is 14.3. The van der Waals surface area contributed by atoms with Gasteiger partial charge in [0.2, 0.25) is 0 Å². The van der Waals surface area contributed by atoms with E-state index in [0.717, 1.165) is 38.0 Å². The fraction of sp³-hybridized carbons (Fsp3) is 1.00. The van der Waals surface area contributed by atoms with Gasteiger partial charge in [0.25, 0.3) is 0 Å².